The highest BCUT2D eigenvalue weighted by Crippen LogP contribution is 2.37. The van der Waals surface area contributed by atoms with Crippen molar-refractivity contribution < 1.29 is 4.79 Å². The van der Waals surface area contributed by atoms with Crippen LogP contribution in [0.5, 0.6) is 0 Å². The second kappa shape index (κ2) is 3.88. The van der Waals surface area contributed by atoms with Gasteiger partial charge < -0.3 is 4.90 Å². The summed E-state index contributed by atoms with van der Waals surface area (Å²) in [6.45, 7) is 1.78. The second-order valence-corrected chi connectivity index (χ2v) is 5.92. The van der Waals surface area contributed by atoms with E-state index in [2.05, 4.69) is 28.1 Å². The SMILES string of the molecule is O=C(C1Cc2ccccc21)N1CCC(Br)C1. The van der Waals surface area contributed by atoms with Crippen molar-refractivity contribution in [1.82, 2.24) is 4.90 Å². The number of carbonyl (C=O) groups excluding carboxylic acids is 1. The number of carbonyl (C=O) groups is 1. The molecule has 1 aromatic rings. The van der Waals surface area contributed by atoms with Crippen molar-refractivity contribution in [1.29, 1.82) is 0 Å². The molecule has 1 aliphatic heterocycles. The van der Waals surface area contributed by atoms with E-state index in [1.807, 2.05) is 17.0 Å². The van der Waals surface area contributed by atoms with Crippen LogP contribution in [0, 0.1) is 0 Å². The van der Waals surface area contributed by atoms with Gasteiger partial charge in [-0.3, -0.25) is 4.79 Å². The predicted molar refractivity (Wildman–Crippen MR) is 66.8 cm³/mol. The van der Waals surface area contributed by atoms with E-state index in [9.17, 15) is 4.79 Å². The number of alkyl halides is 1. The van der Waals surface area contributed by atoms with E-state index in [1.54, 1.807) is 0 Å². The molecule has 1 aliphatic carbocycles. The molecule has 2 nitrogen and oxygen atoms in total. The number of fused-ring (bicyclic) bond motifs is 1. The summed E-state index contributed by atoms with van der Waals surface area (Å²) in [6.07, 6.45) is 2.01. The maximum Gasteiger partial charge on any atom is 0.230 e. The maximum absolute atomic E-state index is 12.2. The summed E-state index contributed by atoms with van der Waals surface area (Å²) in [5, 5.41) is 0. The van der Waals surface area contributed by atoms with Crippen LogP contribution in [0.25, 0.3) is 0 Å². The van der Waals surface area contributed by atoms with Gasteiger partial charge in [0.1, 0.15) is 0 Å². The fraction of sp³-hybridized carbons (Fsp3) is 0.462. The Morgan fingerprint density at radius 3 is 2.88 bits per heavy atom. The predicted octanol–water partition coefficient (Wildman–Crippen LogP) is 2.32. The van der Waals surface area contributed by atoms with Crippen molar-refractivity contribution in [3.8, 4) is 0 Å². The van der Waals surface area contributed by atoms with Crippen molar-refractivity contribution in [2.45, 2.75) is 23.6 Å². The third kappa shape index (κ3) is 1.58. The Morgan fingerprint density at radius 1 is 1.38 bits per heavy atom. The number of likely N-dealkylation sites (tertiary alicyclic amines) is 1. The van der Waals surface area contributed by atoms with Gasteiger partial charge in [0.05, 0.1) is 5.92 Å². The summed E-state index contributed by atoms with van der Waals surface area (Å²) in [7, 11) is 0. The van der Waals surface area contributed by atoms with Gasteiger partial charge in [-0.15, -0.1) is 0 Å². The van der Waals surface area contributed by atoms with Crippen molar-refractivity contribution in [3.63, 3.8) is 0 Å². The number of amides is 1. The van der Waals surface area contributed by atoms with E-state index in [4.69, 9.17) is 0 Å². The van der Waals surface area contributed by atoms with Gasteiger partial charge in [-0.05, 0) is 24.0 Å². The monoisotopic (exact) mass is 279 g/mol. The maximum atomic E-state index is 12.2. The minimum Gasteiger partial charge on any atom is -0.341 e. The van der Waals surface area contributed by atoms with Crippen molar-refractivity contribution in [2.75, 3.05) is 13.1 Å². The molecule has 0 spiro atoms. The van der Waals surface area contributed by atoms with Crippen LogP contribution < -0.4 is 0 Å². The summed E-state index contributed by atoms with van der Waals surface area (Å²) >= 11 is 3.57. The second-order valence-electron chi connectivity index (χ2n) is 4.63. The first-order valence-corrected chi connectivity index (χ1v) is 6.68. The highest BCUT2D eigenvalue weighted by atomic mass is 79.9. The Balaban J connectivity index is 1.75. The average Bonchev–Trinajstić information content (AvgIpc) is 2.67. The Kier molecular flexibility index (Phi) is 2.51. The van der Waals surface area contributed by atoms with E-state index >= 15 is 0 Å². The summed E-state index contributed by atoms with van der Waals surface area (Å²) in [5.74, 6) is 0.453. The van der Waals surface area contributed by atoms with Crippen LogP contribution in [0.1, 0.15) is 23.5 Å². The van der Waals surface area contributed by atoms with Crippen LogP contribution in [0.15, 0.2) is 24.3 Å². The first kappa shape index (κ1) is 10.3. The zero-order valence-electron chi connectivity index (χ0n) is 9.03. The topological polar surface area (TPSA) is 20.3 Å². The molecule has 0 aromatic heterocycles. The molecule has 2 unspecified atom stereocenters. The summed E-state index contributed by atoms with van der Waals surface area (Å²) in [4.78, 5) is 14.7. The van der Waals surface area contributed by atoms with Crippen molar-refractivity contribution >= 4 is 21.8 Å². The average molecular weight is 280 g/mol. The fourth-order valence-corrected chi connectivity index (χ4v) is 3.17. The molecule has 0 radical (unpaired) electrons. The molecule has 16 heavy (non-hydrogen) atoms. The van der Waals surface area contributed by atoms with Crippen molar-refractivity contribution in [3.05, 3.63) is 35.4 Å². The summed E-state index contributed by atoms with van der Waals surface area (Å²) < 4.78 is 0. The van der Waals surface area contributed by atoms with E-state index in [-0.39, 0.29) is 5.92 Å². The molecule has 0 bridgehead atoms. The molecule has 1 saturated heterocycles. The Morgan fingerprint density at radius 2 is 2.19 bits per heavy atom. The molecule has 2 aliphatic rings. The highest BCUT2D eigenvalue weighted by Gasteiger charge is 2.36. The first-order chi connectivity index (χ1) is 7.75. The van der Waals surface area contributed by atoms with Crippen LogP contribution in [0.4, 0.5) is 0 Å². The van der Waals surface area contributed by atoms with Crippen LogP contribution in [0.2, 0.25) is 0 Å². The summed E-state index contributed by atoms with van der Waals surface area (Å²) in [5.41, 5.74) is 2.58. The number of halogens is 1. The van der Waals surface area contributed by atoms with Crippen LogP contribution in [-0.4, -0.2) is 28.7 Å². The Labute approximate surface area is 104 Å². The fourth-order valence-electron chi connectivity index (χ4n) is 2.62. The van der Waals surface area contributed by atoms with E-state index in [1.165, 1.54) is 11.1 Å². The largest absolute Gasteiger partial charge is 0.341 e. The quantitative estimate of drug-likeness (QED) is 0.723. The number of hydrogen-bond donors (Lipinski definition) is 0. The lowest BCUT2D eigenvalue weighted by atomic mass is 9.77. The third-order valence-corrected chi connectivity index (χ3v) is 4.34. The lowest BCUT2D eigenvalue weighted by Crippen LogP contribution is -2.38. The molecule has 3 rings (SSSR count). The van der Waals surface area contributed by atoms with Gasteiger partial charge in [-0.1, -0.05) is 40.2 Å². The molecular formula is C13H14BrNO. The number of nitrogens with zero attached hydrogens (tertiary/aromatic N) is 1. The molecule has 1 heterocycles. The van der Waals surface area contributed by atoms with E-state index in [0.29, 0.717) is 10.7 Å². The summed E-state index contributed by atoms with van der Waals surface area (Å²) in [6, 6.07) is 8.28. The third-order valence-electron chi connectivity index (χ3n) is 3.60. The molecule has 1 amide bonds. The molecule has 84 valence electrons. The van der Waals surface area contributed by atoms with Crippen LogP contribution >= 0.6 is 15.9 Å². The molecule has 1 aromatic carbocycles. The Hall–Kier alpha value is -0.830. The van der Waals surface area contributed by atoms with Crippen molar-refractivity contribution in [2.24, 2.45) is 0 Å². The molecular weight excluding hydrogens is 266 g/mol. The highest BCUT2D eigenvalue weighted by molar-refractivity contribution is 9.09. The van der Waals surface area contributed by atoms with Gasteiger partial charge in [0.15, 0.2) is 0 Å². The van der Waals surface area contributed by atoms with Gasteiger partial charge in [0.25, 0.3) is 0 Å². The minimum absolute atomic E-state index is 0.133. The minimum atomic E-state index is 0.133. The lowest BCUT2D eigenvalue weighted by Gasteiger charge is -2.32. The van der Waals surface area contributed by atoms with E-state index in [0.717, 1.165) is 25.9 Å². The molecule has 0 N–H and O–H groups in total. The van der Waals surface area contributed by atoms with Gasteiger partial charge in [-0.2, -0.15) is 0 Å². The molecule has 1 fully saturated rings. The number of rotatable bonds is 1. The first-order valence-electron chi connectivity index (χ1n) is 5.76. The van der Waals surface area contributed by atoms with Crippen LogP contribution in [-0.2, 0) is 11.2 Å². The van der Waals surface area contributed by atoms with Gasteiger partial charge in [-0.25, -0.2) is 0 Å². The molecule has 3 heteroatoms. The smallest absolute Gasteiger partial charge is 0.230 e. The van der Waals surface area contributed by atoms with Gasteiger partial charge in [0.2, 0.25) is 5.91 Å². The molecule has 2 atom stereocenters. The zero-order chi connectivity index (χ0) is 11.1. The number of hydrogen-bond acceptors (Lipinski definition) is 1. The standard InChI is InChI=1S/C13H14BrNO/c14-10-5-6-15(8-10)13(16)12-7-9-3-1-2-4-11(9)12/h1-4,10,12H,5-8H2. The van der Waals surface area contributed by atoms with Crippen LogP contribution in [0.3, 0.4) is 0 Å². The zero-order valence-corrected chi connectivity index (χ0v) is 10.6. The van der Waals surface area contributed by atoms with Gasteiger partial charge in [0, 0.05) is 17.9 Å². The number of benzene rings is 1. The normalized spacial score (nSPS) is 27.4. The van der Waals surface area contributed by atoms with E-state index < -0.39 is 0 Å². The van der Waals surface area contributed by atoms with Gasteiger partial charge >= 0.3 is 0 Å². The Bertz CT molecular complexity index is 432. The lowest BCUT2D eigenvalue weighted by molar-refractivity contribution is -0.132. The molecule has 0 saturated carbocycles.